The van der Waals surface area contributed by atoms with Crippen LogP contribution in [0.1, 0.15) is 13.3 Å². The Balaban J connectivity index is 1.99. The van der Waals surface area contributed by atoms with Crippen LogP contribution in [0.3, 0.4) is 0 Å². The maximum atomic E-state index is 12.8. The highest BCUT2D eigenvalue weighted by Crippen LogP contribution is 2.20. The van der Waals surface area contributed by atoms with E-state index in [1.54, 1.807) is 19.1 Å². The molecule has 0 bridgehead atoms. The number of amides is 3. The van der Waals surface area contributed by atoms with Crippen LogP contribution in [0, 0.1) is 5.82 Å². The van der Waals surface area contributed by atoms with E-state index in [1.807, 2.05) is 0 Å². The molecule has 1 N–H and O–H groups in total. The number of halogens is 1. The molecule has 1 aromatic carbocycles. The molecule has 5 nitrogen and oxygen atoms in total. The van der Waals surface area contributed by atoms with Gasteiger partial charge in [0.05, 0.1) is 5.75 Å². The van der Waals surface area contributed by atoms with Gasteiger partial charge in [-0.15, -0.1) is 11.8 Å². The number of nitrogens with zero attached hydrogens (tertiary/aromatic N) is 1. The summed E-state index contributed by atoms with van der Waals surface area (Å²) in [4.78, 5) is 37.3. The second-order valence-corrected chi connectivity index (χ2v) is 5.65. The molecular formula is C14H15FN2O3S. The van der Waals surface area contributed by atoms with Crippen LogP contribution in [0.2, 0.25) is 0 Å². The normalized spacial score (nSPS) is 18.6. The van der Waals surface area contributed by atoms with Gasteiger partial charge in [-0.05, 0) is 30.7 Å². The number of rotatable bonds is 4. The number of piperazine rings is 1. The number of carbonyl (C=O) groups excluding carboxylic acids is 3. The molecule has 1 aliphatic heterocycles. The van der Waals surface area contributed by atoms with Gasteiger partial charge in [0.15, 0.2) is 0 Å². The molecule has 1 fully saturated rings. The zero-order valence-corrected chi connectivity index (χ0v) is 12.3. The largest absolute Gasteiger partial charge is 0.321 e. The monoisotopic (exact) mass is 310 g/mol. The maximum absolute atomic E-state index is 12.8. The lowest BCUT2D eigenvalue weighted by molar-refractivity contribution is -0.148. The van der Waals surface area contributed by atoms with Crippen LogP contribution in [0.25, 0.3) is 0 Å². The molecule has 0 saturated carbocycles. The van der Waals surface area contributed by atoms with Crippen molar-refractivity contribution in [2.75, 3.05) is 12.3 Å². The molecule has 21 heavy (non-hydrogen) atoms. The first-order valence-corrected chi connectivity index (χ1v) is 7.51. The van der Waals surface area contributed by atoms with Crippen molar-refractivity contribution in [2.45, 2.75) is 24.3 Å². The third kappa shape index (κ3) is 3.81. The molecule has 2 rings (SSSR count). The van der Waals surface area contributed by atoms with E-state index in [9.17, 15) is 18.8 Å². The van der Waals surface area contributed by atoms with Crippen molar-refractivity contribution in [3.8, 4) is 0 Å². The summed E-state index contributed by atoms with van der Waals surface area (Å²) in [5.41, 5.74) is 0. The molecule has 112 valence electrons. The van der Waals surface area contributed by atoms with Gasteiger partial charge in [-0.1, -0.05) is 6.92 Å². The van der Waals surface area contributed by atoms with E-state index in [2.05, 4.69) is 5.32 Å². The van der Waals surface area contributed by atoms with Crippen molar-refractivity contribution < 1.29 is 18.8 Å². The molecule has 0 radical (unpaired) electrons. The van der Waals surface area contributed by atoms with Crippen molar-refractivity contribution in [1.82, 2.24) is 10.2 Å². The first-order valence-electron chi connectivity index (χ1n) is 6.52. The Morgan fingerprint density at radius 3 is 2.67 bits per heavy atom. The van der Waals surface area contributed by atoms with E-state index in [-0.39, 0.29) is 24.0 Å². The lowest BCUT2D eigenvalue weighted by Crippen LogP contribution is -2.59. The maximum Gasteiger partial charge on any atom is 0.249 e. The Kier molecular flexibility index (Phi) is 4.95. The zero-order valence-electron chi connectivity index (χ0n) is 11.5. The first kappa shape index (κ1) is 15.5. The summed E-state index contributed by atoms with van der Waals surface area (Å²) in [5.74, 6) is -1.42. The number of thioether (sulfide) groups is 1. The molecule has 0 spiro atoms. The summed E-state index contributed by atoms with van der Waals surface area (Å²) in [5, 5.41) is 2.22. The summed E-state index contributed by atoms with van der Waals surface area (Å²) >= 11 is 1.24. The van der Waals surface area contributed by atoms with E-state index in [1.165, 1.54) is 28.8 Å². The first-order chi connectivity index (χ1) is 10.0. The second-order valence-electron chi connectivity index (χ2n) is 4.60. The molecule has 1 atom stereocenters. The molecule has 0 aromatic heterocycles. The minimum Gasteiger partial charge on any atom is -0.321 e. The summed E-state index contributed by atoms with van der Waals surface area (Å²) in [7, 11) is 0. The Bertz CT molecular complexity index is 562. The van der Waals surface area contributed by atoms with E-state index >= 15 is 0 Å². The number of nitrogens with one attached hydrogen (secondary N) is 1. The average molecular weight is 310 g/mol. The topological polar surface area (TPSA) is 66.5 Å². The van der Waals surface area contributed by atoms with Gasteiger partial charge in [-0.25, -0.2) is 4.39 Å². The van der Waals surface area contributed by atoms with Crippen LogP contribution >= 0.6 is 11.8 Å². The van der Waals surface area contributed by atoms with E-state index < -0.39 is 17.9 Å². The highest BCUT2D eigenvalue weighted by Gasteiger charge is 2.35. The van der Waals surface area contributed by atoms with E-state index in [0.29, 0.717) is 6.42 Å². The predicted molar refractivity (Wildman–Crippen MR) is 76.1 cm³/mol. The second kappa shape index (κ2) is 6.71. The van der Waals surface area contributed by atoms with Crippen LogP contribution in [-0.2, 0) is 14.4 Å². The molecule has 3 amide bonds. The van der Waals surface area contributed by atoms with E-state index in [4.69, 9.17) is 0 Å². The standard InChI is InChI=1S/C14H15FN2O3S/c1-2-11-14(20)16-12(18)7-17(11)13(19)8-21-10-5-3-9(15)4-6-10/h3-6,11H,2,7-8H2,1H3,(H,16,18,20). The number of imide groups is 1. The molecule has 1 aromatic rings. The fraction of sp³-hybridized carbons (Fsp3) is 0.357. The van der Waals surface area contributed by atoms with Gasteiger partial charge in [0.2, 0.25) is 17.7 Å². The summed E-state index contributed by atoms with van der Waals surface area (Å²) in [6.07, 6.45) is 0.450. The lowest BCUT2D eigenvalue weighted by atomic mass is 10.1. The highest BCUT2D eigenvalue weighted by atomic mass is 32.2. The summed E-state index contributed by atoms with van der Waals surface area (Å²) in [6, 6.07) is 5.19. The fourth-order valence-corrected chi connectivity index (χ4v) is 2.88. The highest BCUT2D eigenvalue weighted by molar-refractivity contribution is 8.00. The van der Waals surface area contributed by atoms with Crippen LogP contribution in [0.5, 0.6) is 0 Å². The third-order valence-electron chi connectivity index (χ3n) is 3.14. The zero-order chi connectivity index (χ0) is 15.4. The van der Waals surface area contributed by atoms with Crippen molar-refractivity contribution in [1.29, 1.82) is 0 Å². The number of carbonyl (C=O) groups is 3. The molecule has 1 aliphatic rings. The van der Waals surface area contributed by atoms with Crippen LogP contribution in [-0.4, -0.2) is 41.0 Å². The predicted octanol–water partition coefficient (Wildman–Crippen LogP) is 1.18. The Labute approximate surface area is 125 Å². The summed E-state index contributed by atoms with van der Waals surface area (Å²) in [6.45, 7) is 1.68. The van der Waals surface area contributed by atoms with Crippen molar-refractivity contribution in [2.24, 2.45) is 0 Å². The van der Waals surface area contributed by atoms with Gasteiger partial charge in [0.25, 0.3) is 0 Å². The van der Waals surface area contributed by atoms with E-state index in [0.717, 1.165) is 4.90 Å². The van der Waals surface area contributed by atoms with Gasteiger partial charge in [0.1, 0.15) is 18.4 Å². The SMILES string of the molecule is CCC1C(=O)NC(=O)CN1C(=O)CSc1ccc(F)cc1. The smallest absolute Gasteiger partial charge is 0.249 e. The Morgan fingerprint density at radius 2 is 2.05 bits per heavy atom. The molecular weight excluding hydrogens is 295 g/mol. The molecule has 7 heteroatoms. The average Bonchev–Trinajstić information content (AvgIpc) is 2.45. The Hall–Kier alpha value is -1.89. The van der Waals surface area contributed by atoms with Crippen LogP contribution in [0.4, 0.5) is 4.39 Å². The van der Waals surface area contributed by atoms with Gasteiger partial charge in [-0.2, -0.15) is 0 Å². The fourth-order valence-electron chi connectivity index (χ4n) is 2.09. The summed E-state index contributed by atoms with van der Waals surface area (Å²) < 4.78 is 12.8. The van der Waals surface area contributed by atoms with Crippen molar-refractivity contribution >= 4 is 29.5 Å². The quantitative estimate of drug-likeness (QED) is 0.670. The minimum absolute atomic E-state index is 0.0999. The van der Waals surface area contributed by atoms with Crippen LogP contribution in [0.15, 0.2) is 29.2 Å². The van der Waals surface area contributed by atoms with Crippen molar-refractivity contribution in [3.63, 3.8) is 0 Å². The van der Waals surface area contributed by atoms with Gasteiger partial charge < -0.3 is 4.90 Å². The molecule has 1 saturated heterocycles. The molecule has 1 heterocycles. The molecule has 1 unspecified atom stereocenters. The van der Waals surface area contributed by atoms with Crippen molar-refractivity contribution in [3.05, 3.63) is 30.1 Å². The Morgan fingerprint density at radius 1 is 1.38 bits per heavy atom. The van der Waals surface area contributed by atoms with Gasteiger partial charge >= 0.3 is 0 Å². The minimum atomic E-state index is -0.607. The lowest BCUT2D eigenvalue weighted by Gasteiger charge is -2.33. The van der Waals surface area contributed by atoms with Gasteiger partial charge in [0, 0.05) is 4.90 Å². The molecule has 0 aliphatic carbocycles. The van der Waals surface area contributed by atoms with Crippen LogP contribution < -0.4 is 5.32 Å². The third-order valence-corrected chi connectivity index (χ3v) is 4.14. The number of hydrogen-bond acceptors (Lipinski definition) is 4. The van der Waals surface area contributed by atoms with Gasteiger partial charge in [-0.3, -0.25) is 19.7 Å². The number of hydrogen-bond donors (Lipinski definition) is 1. The number of benzene rings is 1.